The fourth-order valence-electron chi connectivity index (χ4n) is 3.17. The van der Waals surface area contributed by atoms with Gasteiger partial charge in [0.2, 0.25) is 5.91 Å². The van der Waals surface area contributed by atoms with Gasteiger partial charge in [-0.2, -0.15) is 0 Å². The molecule has 4 rings (SSSR count). The summed E-state index contributed by atoms with van der Waals surface area (Å²) in [5.74, 6) is -0.177. The van der Waals surface area contributed by atoms with Crippen molar-refractivity contribution < 1.29 is 9.59 Å². The molecule has 1 fully saturated rings. The second-order valence-corrected chi connectivity index (χ2v) is 8.22. The van der Waals surface area contributed by atoms with Crippen LogP contribution in [0.15, 0.2) is 35.7 Å². The molecule has 1 aromatic carbocycles. The van der Waals surface area contributed by atoms with E-state index in [1.54, 1.807) is 22.3 Å². The third-order valence-electron chi connectivity index (χ3n) is 4.31. The summed E-state index contributed by atoms with van der Waals surface area (Å²) < 4.78 is 1.05. The van der Waals surface area contributed by atoms with Crippen molar-refractivity contribution in [2.75, 3.05) is 11.9 Å². The van der Waals surface area contributed by atoms with Gasteiger partial charge < -0.3 is 10.2 Å². The molecule has 25 heavy (non-hydrogen) atoms. The zero-order valence-electron chi connectivity index (χ0n) is 13.7. The van der Waals surface area contributed by atoms with Crippen molar-refractivity contribution in [1.29, 1.82) is 0 Å². The molecule has 128 valence electrons. The molecule has 1 N–H and O–H groups in total. The van der Waals surface area contributed by atoms with E-state index in [0.29, 0.717) is 17.8 Å². The standard InChI is InChI=1S/C18H17N3O2S2/c1-11-19-13-7-6-12(10-16(13)25-11)20-17(22)14-4-2-8-21(14)18(23)15-5-3-9-24-15/h3,5-7,9-10,14H,2,4,8H2,1H3,(H,20,22)/t14-/m0/s1. The minimum Gasteiger partial charge on any atom is -0.326 e. The van der Waals surface area contributed by atoms with Crippen LogP contribution >= 0.6 is 22.7 Å². The monoisotopic (exact) mass is 371 g/mol. The number of likely N-dealkylation sites (tertiary alicyclic amines) is 1. The summed E-state index contributed by atoms with van der Waals surface area (Å²) in [5.41, 5.74) is 1.69. The number of aromatic nitrogens is 1. The van der Waals surface area contributed by atoms with Crippen molar-refractivity contribution in [3.63, 3.8) is 0 Å². The Kier molecular flexibility index (Phi) is 4.27. The van der Waals surface area contributed by atoms with Crippen LogP contribution < -0.4 is 5.32 Å². The summed E-state index contributed by atoms with van der Waals surface area (Å²) in [6.45, 7) is 2.59. The van der Waals surface area contributed by atoms with Crippen molar-refractivity contribution in [2.24, 2.45) is 0 Å². The summed E-state index contributed by atoms with van der Waals surface area (Å²) in [5, 5.41) is 5.85. The van der Waals surface area contributed by atoms with Gasteiger partial charge in [0, 0.05) is 12.2 Å². The van der Waals surface area contributed by atoms with E-state index in [9.17, 15) is 9.59 Å². The van der Waals surface area contributed by atoms with Crippen LogP contribution in [0.25, 0.3) is 10.2 Å². The Bertz CT molecular complexity index is 933. The lowest BCUT2D eigenvalue weighted by Gasteiger charge is -2.23. The smallest absolute Gasteiger partial charge is 0.264 e. The van der Waals surface area contributed by atoms with Crippen molar-refractivity contribution in [1.82, 2.24) is 9.88 Å². The molecule has 1 aliphatic rings. The number of nitrogens with one attached hydrogen (secondary N) is 1. The number of rotatable bonds is 3. The van der Waals surface area contributed by atoms with Crippen LogP contribution in [-0.2, 0) is 4.79 Å². The van der Waals surface area contributed by atoms with Crippen LogP contribution in [0.3, 0.4) is 0 Å². The fraction of sp³-hybridized carbons (Fsp3) is 0.278. The van der Waals surface area contributed by atoms with E-state index in [1.165, 1.54) is 11.3 Å². The van der Waals surface area contributed by atoms with Crippen LogP contribution in [0.5, 0.6) is 0 Å². The van der Waals surface area contributed by atoms with Gasteiger partial charge in [0.15, 0.2) is 0 Å². The van der Waals surface area contributed by atoms with E-state index in [4.69, 9.17) is 0 Å². The maximum Gasteiger partial charge on any atom is 0.264 e. The van der Waals surface area contributed by atoms with Gasteiger partial charge in [-0.1, -0.05) is 6.07 Å². The molecular formula is C18H17N3O2S2. The molecule has 1 atom stereocenters. The van der Waals surface area contributed by atoms with Gasteiger partial charge in [-0.15, -0.1) is 22.7 Å². The third kappa shape index (κ3) is 3.17. The Morgan fingerprint density at radius 1 is 1.32 bits per heavy atom. The van der Waals surface area contributed by atoms with E-state index in [-0.39, 0.29) is 11.8 Å². The summed E-state index contributed by atoms with van der Waals surface area (Å²) in [7, 11) is 0. The van der Waals surface area contributed by atoms with Crippen molar-refractivity contribution in [2.45, 2.75) is 25.8 Å². The zero-order chi connectivity index (χ0) is 17.4. The number of aryl methyl sites for hydroxylation is 1. The van der Waals surface area contributed by atoms with Crippen molar-refractivity contribution in [3.05, 3.63) is 45.6 Å². The molecule has 0 spiro atoms. The Balaban J connectivity index is 1.51. The van der Waals surface area contributed by atoms with Gasteiger partial charge in [-0.05, 0) is 49.4 Å². The quantitative estimate of drug-likeness (QED) is 0.759. The highest BCUT2D eigenvalue weighted by Crippen LogP contribution is 2.27. The fourth-order valence-corrected chi connectivity index (χ4v) is 4.71. The first-order valence-electron chi connectivity index (χ1n) is 8.14. The van der Waals surface area contributed by atoms with Gasteiger partial charge in [0.25, 0.3) is 5.91 Å². The molecule has 5 nitrogen and oxygen atoms in total. The van der Waals surface area contributed by atoms with Crippen molar-refractivity contribution in [3.8, 4) is 0 Å². The molecule has 2 aromatic heterocycles. The predicted octanol–water partition coefficient (Wildman–Crippen LogP) is 3.91. The summed E-state index contributed by atoms with van der Waals surface area (Å²) in [6, 6.07) is 8.97. The number of anilines is 1. The molecule has 1 saturated heterocycles. The highest BCUT2D eigenvalue weighted by Gasteiger charge is 2.34. The molecule has 1 aliphatic heterocycles. The Hall–Kier alpha value is -2.25. The number of nitrogens with zero attached hydrogens (tertiary/aromatic N) is 2. The first-order valence-corrected chi connectivity index (χ1v) is 9.84. The van der Waals surface area contributed by atoms with E-state index >= 15 is 0 Å². The lowest BCUT2D eigenvalue weighted by atomic mass is 10.2. The number of carbonyl (C=O) groups is 2. The molecular weight excluding hydrogens is 354 g/mol. The van der Waals surface area contributed by atoms with Gasteiger partial charge in [-0.3, -0.25) is 9.59 Å². The molecule has 0 radical (unpaired) electrons. The molecule has 7 heteroatoms. The van der Waals surface area contributed by atoms with Crippen LogP contribution in [-0.4, -0.2) is 34.3 Å². The van der Waals surface area contributed by atoms with Gasteiger partial charge >= 0.3 is 0 Å². The van der Waals surface area contributed by atoms with Gasteiger partial charge in [0.05, 0.1) is 20.1 Å². The maximum absolute atomic E-state index is 12.7. The molecule has 0 bridgehead atoms. The first-order chi connectivity index (χ1) is 12.1. The average molecular weight is 371 g/mol. The Morgan fingerprint density at radius 2 is 2.20 bits per heavy atom. The number of hydrogen-bond donors (Lipinski definition) is 1. The average Bonchev–Trinajstić information content (AvgIpc) is 3.33. The van der Waals surface area contributed by atoms with Crippen molar-refractivity contribution >= 4 is 50.4 Å². The first kappa shape index (κ1) is 16.2. The normalized spacial score (nSPS) is 17.2. The molecule has 3 heterocycles. The molecule has 0 unspecified atom stereocenters. The van der Waals surface area contributed by atoms with E-state index < -0.39 is 6.04 Å². The van der Waals surface area contributed by atoms with E-state index in [0.717, 1.165) is 27.3 Å². The molecule has 2 amide bonds. The topological polar surface area (TPSA) is 62.3 Å². The zero-order valence-corrected chi connectivity index (χ0v) is 15.3. The number of amides is 2. The van der Waals surface area contributed by atoms with Crippen LogP contribution in [0.1, 0.15) is 27.5 Å². The second kappa shape index (κ2) is 6.57. The van der Waals surface area contributed by atoms with Crippen LogP contribution in [0.2, 0.25) is 0 Å². The molecule has 0 aliphatic carbocycles. The number of benzene rings is 1. The Labute approximate surface area is 153 Å². The molecule has 3 aromatic rings. The number of thiazole rings is 1. The lowest BCUT2D eigenvalue weighted by Crippen LogP contribution is -2.42. The van der Waals surface area contributed by atoms with E-state index in [2.05, 4.69) is 10.3 Å². The SMILES string of the molecule is Cc1nc2ccc(NC(=O)[C@@H]3CCCN3C(=O)c3cccs3)cc2s1. The summed E-state index contributed by atoms with van der Waals surface area (Å²) in [6.07, 6.45) is 1.55. The van der Waals surface area contributed by atoms with Gasteiger partial charge in [-0.25, -0.2) is 4.98 Å². The number of thiophene rings is 1. The Morgan fingerprint density at radius 3 is 3.00 bits per heavy atom. The highest BCUT2D eigenvalue weighted by atomic mass is 32.1. The molecule has 0 saturated carbocycles. The minimum absolute atomic E-state index is 0.0545. The van der Waals surface area contributed by atoms with Crippen LogP contribution in [0, 0.1) is 6.92 Å². The minimum atomic E-state index is -0.409. The summed E-state index contributed by atoms with van der Waals surface area (Å²) >= 11 is 3.01. The lowest BCUT2D eigenvalue weighted by molar-refractivity contribution is -0.119. The third-order valence-corrected chi connectivity index (χ3v) is 6.10. The summed E-state index contributed by atoms with van der Waals surface area (Å²) in [4.78, 5) is 32.1. The number of carbonyl (C=O) groups excluding carboxylic acids is 2. The number of hydrogen-bond acceptors (Lipinski definition) is 5. The largest absolute Gasteiger partial charge is 0.326 e. The van der Waals surface area contributed by atoms with E-state index in [1.807, 2.05) is 36.6 Å². The maximum atomic E-state index is 12.7. The second-order valence-electron chi connectivity index (χ2n) is 6.04. The highest BCUT2D eigenvalue weighted by molar-refractivity contribution is 7.18. The van der Waals surface area contributed by atoms with Gasteiger partial charge in [0.1, 0.15) is 6.04 Å². The van der Waals surface area contributed by atoms with Crippen LogP contribution in [0.4, 0.5) is 5.69 Å². The number of fused-ring (bicyclic) bond motifs is 1. The predicted molar refractivity (Wildman–Crippen MR) is 101 cm³/mol.